The van der Waals surface area contributed by atoms with Gasteiger partial charge in [0.25, 0.3) is 0 Å². The van der Waals surface area contributed by atoms with Gasteiger partial charge in [-0.1, -0.05) is 15.9 Å². The number of nitrogens with zero attached hydrogens (tertiary/aromatic N) is 2. The van der Waals surface area contributed by atoms with Crippen molar-refractivity contribution in [3.63, 3.8) is 0 Å². The van der Waals surface area contributed by atoms with Gasteiger partial charge < -0.3 is 10.5 Å². The Morgan fingerprint density at radius 2 is 1.94 bits per heavy atom. The molecule has 94 valence electrons. The van der Waals surface area contributed by atoms with E-state index in [2.05, 4.69) is 25.9 Å². The Kier molecular flexibility index (Phi) is 3.47. The Balaban J connectivity index is 2.39. The minimum atomic E-state index is -0.393. The van der Waals surface area contributed by atoms with E-state index < -0.39 is 5.82 Å². The molecule has 1 aromatic heterocycles. The first-order chi connectivity index (χ1) is 8.45. The molecular weight excluding hydrogens is 301 g/mol. The molecule has 1 aromatic carbocycles. The highest BCUT2D eigenvalue weighted by Gasteiger charge is 2.10. The molecule has 0 fully saturated rings. The molecule has 0 atom stereocenters. The van der Waals surface area contributed by atoms with Gasteiger partial charge in [0.1, 0.15) is 23.2 Å². The Morgan fingerprint density at radius 1 is 1.22 bits per heavy atom. The summed E-state index contributed by atoms with van der Waals surface area (Å²) in [6.07, 6.45) is 0. The first-order valence-electron chi connectivity index (χ1n) is 5.20. The SMILES string of the molecule is Cc1nc(N)c(C)c(Oc2cc(F)cc(Br)c2)n1. The summed E-state index contributed by atoms with van der Waals surface area (Å²) in [7, 11) is 0. The van der Waals surface area contributed by atoms with Gasteiger partial charge in [-0.25, -0.2) is 9.37 Å². The highest BCUT2D eigenvalue weighted by molar-refractivity contribution is 9.10. The predicted molar refractivity (Wildman–Crippen MR) is 70.1 cm³/mol. The van der Waals surface area contributed by atoms with Crippen molar-refractivity contribution in [3.8, 4) is 11.6 Å². The van der Waals surface area contributed by atoms with Gasteiger partial charge in [0, 0.05) is 10.5 Å². The summed E-state index contributed by atoms with van der Waals surface area (Å²) in [5, 5.41) is 0. The van der Waals surface area contributed by atoms with Crippen LogP contribution in [0.5, 0.6) is 11.6 Å². The third-order valence-electron chi connectivity index (χ3n) is 2.30. The van der Waals surface area contributed by atoms with Gasteiger partial charge in [-0.2, -0.15) is 4.98 Å². The van der Waals surface area contributed by atoms with E-state index in [-0.39, 0.29) is 0 Å². The number of anilines is 1. The number of aromatic nitrogens is 2. The second-order valence-corrected chi connectivity index (χ2v) is 4.71. The number of ether oxygens (including phenoxy) is 1. The summed E-state index contributed by atoms with van der Waals surface area (Å²) < 4.78 is 19.3. The summed E-state index contributed by atoms with van der Waals surface area (Å²) in [4.78, 5) is 8.15. The van der Waals surface area contributed by atoms with Crippen LogP contribution in [0.2, 0.25) is 0 Å². The number of aryl methyl sites for hydroxylation is 1. The zero-order valence-corrected chi connectivity index (χ0v) is 11.5. The van der Waals surface area contributed by atoms with Gasteiger partial charge in [0.05, 0.1) is 5.56 Å². The van der Waals surface area contributed by atoms with Crippen LogP contribution in [-0.4, -0.2) is 9.97 Å². The van der Waals surface area contributed by atoms with Crippen molar-refractivity contribution < 1.29 is 9.13 Å². The lowest BCUT2D eigenvalue weighted by atomic mass is 10.3. The second-order valence-electron chi connectivity index (χ2n) is 3.79. The minimum absolute atomic E-state index is 0.331. The normalized spacial score (nSPS) is 10.4. The maximum absolute atomic E-state index is 13.2. The fourth-order valence-corrected chi connectivity index (χ4v) is 1.87. The highest BCUT2D eigenvalue weighted by atomic mass is 79.9. The van der Waals surface area contributed by atoms with Crippen molar-refractivity contribution in [2.45, 2.75) is 13.8 Å². The van der Waals surface area contributed by atoms with E-state index in [1.54, 1.807) is 19.9 Å². The molecule has 0 aliphatic carbocycles. The van der Waals surface area contributed by atoms with Crippen molar-refractivity contribution in [2.24, 2.45) is 0 Å². The van der Waals surface area contributed by atoms with Crippen molar-refractivity contribution in [1.29, 1.82) is 0 Å². The van der Waals surface area contributed by atoms with Crippen LogP contribution >= 0.6 is 15.9 Å². The van der Waals surface area contributed by atoms with Crippen LogP contribution in [0.1, 0.15) is 11.4 Å². The van der Waals surface area contributed by atoms with E-state index in [9.17, 15) is 4.39 Å². The lowest BCUT2D eigenvalue weighted by Crippen LogP contribution is -2.02. The second kappa shape index (κ2) is 4.89. The lowest BCUT2D eigenvalue weighted by molar-refractivity contribution is 0.451. The highest BCUT2D eigenvalue weighted by Crippen LogP contribution is 2.28. The standard InChI is InChI=1S/C12H11BrFN3O/c1-6-11(15)16-7(2)17-12(6)18-10-4-8(13)3-9(14)5-10/h3-5H,1-2H3,(H2,15,16,17). The zero-order chi connectivity index (χ0) is 13.3. The van der Waals surface area contributed by atoms with Gasteiger partial charge in [-0.05, 0) is 26.0 Å². The summed E-state index contributed by atoms with van der Waals surface area (Å²) in [6, 6.07) is 4.27. The number of halogens is 2. The van der Waals surface area contributed by atoms with Gasteiger partial charge in [-0.15, -0.1) is 0 Å². The molecule has 0 aliphatic rings. The Morgan fingerprint density at radius 3 is 2.61 bits per heavy atom. The minimum Gasteiger partial charge on any atom is -0.438 e. The van der Waals surface area contributed by atoms with E-state index in [0.717, 1.165) is 0 Å². The van der Waals surface area contributed by atoms with E-state index in [1.165, 1.54) is 12.1 Å². The predicted octanol–water partition coefficient (Wildman–Crippen LogP) is 3.37. The van der Waals surface area contributed by atoms with Crippen LogP contribution in [0, 0.1) is 19.7 Å². The molecular formula is C12H11BrFN3O. The maximum atomic E-state index is 13.2. The first-order valence-corrected chi connectivity index (χ1v) is 5.99. The monoisotopic (exact) mass is 311 g/mol. The molecule has 0 saturated heterocycles. The van der Waals surface area contributed by atoms with Crippen LogP contribution in [0.3, 0.4) is 0 Å². The molecule has 2 rings (SSSR count). The first kappa shape index (κ1) is 12.8. The molecule has 0 unspecified atom stereocenters. The Bertz CT molecular complexity index is 584. The number of nitrogens with two attached hydrogens (primary N) is 1. The van der Waals surface area contributed by atoms with E-state index >= 15 is 0 Å². The average molecular weight is 312 g/mol. The smallest absolute Gasteiger partial charge is 0.227 e. The van der Waals surface area contributed by atoms with Crippen molar-refractivity contribution in [2.75, 3.05) is 5.73 Å². The third-order valence-corrected chi connectivity index (χ3v) is 2.76. The fourth-order valence-electron chi connectivity index (χ4n) is 1.42. The van der Waals surface area contributed by atoms with Crippen molar-refractivity contribution >= 4 is 21.7 Å². The van der Waals surface area contributed by atoms with E-state index in [1.807, 2.05) is 0 Å². The largest absolute Gasteiger partial charge is 0.438 e. The molecule has 0 aliphatic heterocycles. The number of benzene rings is 1. The number of nitrogen functional groups attached to an aromatic ring is 1. The zero-order valence-electron chi connectivity index (χ0n) is 9.87. The molecule has 0 radical (unpaired) electrons. The van der Waals surface area contributed by atoms with E-state index in [0.29, 0.717) is 33.3 Å². The topological polar surface area (TPSA) is 61.0 Å². The molecule has 0 spiro atoms. The van der Waals surface area contributed by atoms with E-state index in [4.69, 9.17) is 10.5 Å². The molecule has 1 heterocycles. The Hall–Kier alpha value is -1.69. The summed E-state index contributed by atoms with van der Waals surface area (Å²) in [5.74, 6) is 1.15. The van der Waals surface area contributed by atoms with Gasteiger partial charge in [0.15, 0.2) is 0 Å². The van der Waals surface area contributed by atoms with Crippen LogP contribution in [0.25, 0.3) is 0 Å². The molecule has 6 heteroatoms. The number of hydrogen-bond donors (Lipinski definition) is 1. The lowest BCUT2D eigenvalue weighted by Gasteiger charge is -2.10. The summed E-state index contributed by atoms with van der Waals surface area (Å²) >= 11 is 3.20. The molecule has 0 saturated carbocycles. The molecule has 18 heavy (non-hydrogen) atoms. The third kappa shape index (κ3) is 2.76. The van der Waals surface area contributed by atoms with Gasteiger partial charge in [0.2, 0.25) is 5.88 Å². The molecule has 0 bridgehead atoms. The number of rotatable bonds is 2. The molecule has 0 amide bonds. The fraction of sp³-hybridized carbons (Fsp3) is 0.167. The van der Waals surface area contributed by atoms with Crippen LogP contribution in [0.4, 0.5) is 10.2 Å². The van der Waals surface area contributed by atoms with Crippen LogP contribution in [0.15, 0.2) is 22.7 Å². The van der Waals surface area contributed by atoms with Crippen LogP contribution in [-0.2, 0) is 0 Å². The Labute approximate surface area is 112 Å². The summed E-state index contributed by atoms with van der Waals surface area (Å²) in [6.45, 7) is 3.46. The average Bonchev–Trinajstić information content (AvgIpc) is 2.23. The van der Waals surface area contributed by atoms with Gasteiger partial charge in [-0.3, -0.25) is 0 Å². The summed E-state index contributed by atoms with van der Waals surface area (Å²) in [5.41, 5.74) is 6.35. The quantitative estimate of drug-likeness (QED) is 0.923. The molecule has 2 N–H and O–H groups in total. The van der Waals surface area contributed by atoms with Crippen molar-refractivity contribution in [1.82, 2.24) is 9.97 Å². The van der Waals surface area contributed by atoms with Crippen LogP contribution < -0.4 is 10.5 Å². The molecule has 4 nitrogen and oxygen atoms in total. The van der Waals surface area contributed by atoms with Crippen molar-refractivity contribution in [3.05, 3.63) is 39.9 Å². The van der Waals surface area contributed by atoms with Gasteiger partial charge >= 0.3 is 0 Å². The number of hydrogen-bond acceptors (Lipinski definition) is 4. The molecule has 2 aromatic rings. The maximum Gasteiger partial charge on any atom is 0.227 e.